The number of para-hydroxylation sites is 1. The first-order valence-corrected chi connectivity index (χ1v) is 10.1. The van der Waals surface area contributed by atoms with Crippen molar-refractivity contribution < 1.29 is 28.6 Å². The maximum Gasteiger partial charge on any atom is 0.329 e. The van der Waals surface area contributed by atoms with E-state index in [9.17, 15) is 14.4 Å². The molecule has 0 bridgehead atoms. The van der Waals surface area contributed by atoms with E-state index >= 15 is 0 Å². The summed E-state index contributed by atoms with van der Waals surface area (Å²) in [6.45, 7) is 2.92. The summed E-state index contributed by atoms with van der Waals surface area (Å²) >= 11 is 0. The van der Waals surface area contributed by atoms with Crippen molar-refractivity contribution in [1.29, 1.82) is 0 Å². The van der Waals surface area contributed by atoms with E-state index in [4.69, 9.17) is 14.2 Å². The molecule has 0 fully saturated rings. The number of aromatic nitrogens is 1. The van der Waals surface area contributed by atoms with Gasteiger partial charge in [-0.1, -0.05) is 18.2 Å². The van der Waals surface area contributed by atoms with Crippen molar-refractivity contribution in [3.8, 4) is 11.5 Å². The molecule has 0 saturated heterocycles. The molecule has 1 aliphatic rings. The van der Waals surface area contributed by atoms with Crippen LogP contribution in [0.2, 0.25) is 0 Å². The van der Waals surface area contributed by atoms with Gasteiger partial charge in [0.25, 0.3) is 5.91 Å². The third kappa shape index (κ3) is 4.66. The fraction of sp³-hybridized carbons (Fsp3) is 0.261. The van der Waals surface area contributed by atoms with Crippen LogP contribution in [0.3, 0.4) is 0 Å². The number of nitrogens with one attached hydrogen (secondary N) is 3. The summed E-state index contributed by atoms with van der Waals surface area (Å²) < 4.78 is 15.9. The lowest BCUT2D eigenvalue weighted by Crippen LogP contribution is -2.44. The van der Waals surface area contributed by atoms with Crippen molar-refractivity contribution in [2.24, 2.45) is 0 Å². The molecule has 2 heterocycles. The molecule has 9 heteroatoms. The number of esters is 1. The molecule has 1 aliphatic heterocycles. The van der Waals surface area contributed by atoms with Crippen LogP contribution in [0, 0.1) is 0 Å². The highest BCUT2D eigenvalue weighted by Gasteiger charge is 2.27. The molecule has 32 heavy (non-hydrogen) atoms. The Kier molecular flexibility index (Phi) is 5.98. The zero-order chi connectivity index (χ0) is 22.7. The van der Waals surface area contributed by atoms with Gasteiger partial charge in [-0.2, -0.15) is 0 Å². The second kappa shape index (κ2) is 9.01. The van der Waals surface area contributed by atoms with E-state index in [2.05, 4.69) is 15.6 Å². The van der Waals surface area contributed by atoms with Crippen molar-refractivity contribution in [3.05, 3.63) is 54.2 Å². The molecule has 4 rings (SSSR count). The van der Waals surface area contributed by atoms with Crippen LogP contribution in [-0.2, 0) is 25.5 Å². The Morgan fingerprint density at radius 2 is 1.91 bits per heavy atom. The third-order valence-electron chi connectivity index (χ3n) is 5.06. The molecular formula is C23H23N3O6. The average Bonchev–Trinajstić information content (AvgIpc) is 3.39. The van der Waals surface area contributed by atoms with Crippen LogP contribution < -0.4 is 20.1 Å². The molecule has 3 N–H and O–H groups in total. The number of hydrogen-bond donors (Lipinski definition) is 3. The lowest BCUT2D eigenvalue weighted by atomic mass is 10.0. The number of anilines is 1. The minimum Gasteiger partial charge on any atom is -0.454 e. The number of H-pyrrole nitrogens is 1. The van der Waals surface area contributed by atoms with Gasteiger partial charge in [0.1, 0.15) is 6.04 Å². The fourth-order valence-electron chi connectivity index (χ4n) is 3.49. The highest BCUT2D eigenvalue weighted by atomic mass is 16.7. The predicted molar refractivity (Wildman–Crippen MR) is 116 cm³/mol. The Morgan fingerprint density at radius 1 is 1.12 bits per heavy atom. The average molecular weight is 437 g/mol. The van der Waals surface area contributed by atoms with Crippen molar-refractivity contribution in [3.63, 3.8) is 0 Å². The number of amides is 2. The number of ether oxygens (including phenoxy) is 3. The highest BCUT2D eigenvalue weighted by molar-refractivity contribution is 5.96. The predicted octanol–water partition coefficient (Wildman–Crippen LogP) is 2.51. The summed E-state index contributed by atoms with van der Waals surface area (Å²) in [5.41, 5.74) is 2.27. The Bertz CT molecular complexity index is 1170. The van der Waals surface area contributed by atoms with Crippen molar-refractivity contribution in [2.45, 2.75) is 32.4 Å². The molecule has 3 aromatic rings. The summed E-state index contributed by atoms with van der Waals surface area (Å²) in [7, 11) is 0. The van der Waals surface area contributed by atoms with Gasteiger partial charge in [0.05, 0.1) is 0 Å². The topological polar surface area (TPSA) is 119 Å². The molecule has 2 unspecified atom stereocenters. The quantitative estimate of drug-likeness (QED) is 0.489. The smallest absolute Gasteiger partial charge is 0.329 e. The molecule has 0 saturated carbocycles. The number of fused-ring (bicyclic) bond motifs is 2. The van der Waals surface area contributed by atoms with Gasteiger partial charge in [0, 0.05) is 42.2 Å². The van der Waals surface area contributed by atoms with Gasteiger partial charge in [0.2, 0.25) is 12.7 Å². The van der Waals surface area contributed by atoms with Gasteiger partial charge in [-0.3, -0.25) is 9.59 Å². The van der Waals surface area contributed by atoms with Crippen molar-refractivity contribution >= 4 is 34.4 Å². The van der Waals surface area contributed by atoms with Crippen LogP contribution in [0.15, 0.2) is 48.7 Å². The third-order valence-corrected chi connectivity index (χ3v) is 5.06. The maximum absolute atomic E-state index is 12.8. The number of rotatable bonds is 7. The van der Waals surface area contributed by atoms with E-state index in [0.717, 1.165) is 16.5 Å². The lowest BCUT2D eigenvalue weighted by Gasteiger charge is -2.20. The summed E-state index contributed by atoms with van der Waals surface area (Å²) in [5, 5.41) is 6.25. The van der Waals surface area contributed by atoms with Gasteiger partial charge in [-0.05, 0) is 30.7 Å². The van der Waals surface area contributed by atoms with Crippen LogP contribution in [0.1, 0.15) is 19.4 Å². The summed E-state index contributed by atoms with van der Waals surface area (Å²) in [6.07, 6.45) is 0.939. The van der Waals surface area contributed by atoms with Gasteiger partial charge in [-0.25, -0.2) is 4.79 Å². The normalized spacial score (nSPS) is 13.9. The standard InChI is InChI=1S/C23H23N3O6/c1-13(22(28)26-16-7-8-20-21(10-16)31-12-30-20)32-23(29)19(25-14(2)27)9-15-11-24-18-6-4-3-5-17(15)18/h3-8,10-11,13,19,24H,9,12H2,1-2H3,(H,25,27)(H,26,28). The summed E-state index contributed by atoms with van der Waals surface area (Å²) in [5.74, 6) is -0.455. The van der Waals surface area contributed by atoms with Crippen molar-refractivity contribution in [1.82, 2.24) is 10.3 Å². The zero-order valence-corrected chi connectivity index (χ0v) is 17.6. The number of hydrogen-bond acceptors (Lipinski definition) is 6. The molecule has 0 spiro atoms. The Morgan fingerprint density at radius 3 is 2.72 bits per heavy atom. The number of carbonyl (C=O) groups excluding carboxylic acids is 3. The second-order valence-corrected chi connectivity index (χ2v) is 7.45. The minimum atomic E-state index is -1.08. The number of benzene rings is 2. The summed E-state index contributed by atoms with van der Waals surface area (Å²) in [6, 6.07) is 11.7. The first-order valence-electron chi connectivity index (χ1n) is 10.1. The molecule has 9 nitrogen and oxygen atoms in total. The molecule has 2 amide bonds. The molecule has 0 radical (unpaired) electrons. The molecule has 2 aromatic carbocycles. The van der Waals surface area contributed by atoms with E-state index in [1.54, 1.807) is 24.4 Å². The van der Waals surface area contributed by atoms with Gasteiger partial charge < -0.3 is 29.8 Å². The van der Waals surface area contributed by atoms with E-state index in [1.165, 1.54) is 13.8 Å². The minimum absolute atomic E-state index is 0.127. The first kappa shape index (κ1) is 21.2. The maximum atomic E-state index is 12.8. The zero-order valence-electron chi connectivity index (χ0n) is 17.6. The van der Waals surface area contributed by atoms with Gasteiger partial charge in [0.15, 0.2) is 17.6 Å². The Hall–Kier alpha value is -4.01. The van der Waals surface area contributed by atoms with Crippen molar-refractivity contribution in [2.75, 3.05) is 12.1 Å². The van der Waals surface area contributed by atoms with Crippen LogP contribution in [0.25, 0.3) is 10.9 Å². The molecule has 2 atom stereocenters. The molecule has 166 valence electrons. The first-order chi connectivity index (χ1) is 15.4. The molecular weight excluding hydrogens is 414 g/mol. The lowest BCUT2D eigenvalue weighted by molar-refractivity contribution is -0.156. The number of aromatic amines is 1. The Balaban J connectivity index is 1.41. The largest absolute Gasteiger partial charge is 0.454 e. The van der Waals surface area contributed by atoms with E-state index < -0.39 is 24.0 Å². The molecule has 1 aromatic heterocycles. The van der Waals surface area contributed by atoms with Crippen LogP contribution in [-0.4, -0.2) is 41.7 Å². The van der Waals surface area contributed by atoms with Crippen LogP contribution in [0.4, 0.5) is 5.69 Å². The SMILES string of the molecule is CC(=O)NC(Cc1c[nH]c2ccccc12)C(=O)OC(C)C(=O)Nc1ccc2c(c1)OCO2. The monoisotopic (exact) mass is 437 g/mol. The van der Waals surface area contributed by atoms with E-state index in [-0.39, 0.29) is 19.1 Å². The van der Waals surface area contributed by atoms with Crippen LogP contribution >= 0.6 is 0 Å². The van der Waals surface area contributed by atoms with E-state index in [1.807, 2.05) is 24.3 Å². The fourth-order valence-corrected chi connectivity index (χ4v) is 3.49. The second-order valence-electron chi connectivity index (χ2n) is 7.45. The Labute approximate surface area is 184 Å². The number of carbonyl (C=O) groups is 3. The summed E-state index contributed by atoms with van der Waals surface area (Å²) in [4.78, 5) is 40.1. The highest BCUT2D eigenvalue weighted by Crippen LogP contribution is 2.34. The van der Waals surface area contributed by atoms with E-state index in [0.29, 0.717) is 17.2 Å². The van der Waals surface area contributed by atoms with Gasteiger partial charge >= 0.3 is 5.97 Å². The molecule has 0 aliphatic carbocycles. The van der Waals surface area contributed by atoms with Gasteiger partial charge in [-0.15, -0.1) is 0 Å². The van der Waals surface area contributed by atoms with Crippen LogP contribution in [0.5, 0.6) is 11.5 Å².